The Morgan fingerprint density at radius 2 is 1.96 bits per heavy atom. The third kappa shape index (κ3) is 4.75. The number of hydrogen-bond acceptors (Lipinski definition) is 6. The summed E-state index contributed by atoms with van der Waals surface area (Å²) in [5.74, 6) is -0.451. The van der Waals surface area contributed by atoms with E-state index in [4.69, 9.17) is 0 Å². The van der Waals surface area contributed by atoms with Gasteiger partial charge in [0.25, 0.3) is 15.9 Å². The standard InChI is InChI=1S/C18H17BrN4O3S2/c1-3-16-21-22-18(27-16)20-17(24)12-5-4-6-13(10-12)28(25,26)23-15-9-11(2)7-8-14(15)19/h4-10,23H,3H2,1-2H3,(H,20,22,24). The Labute approximate surface area is 175 Å². The predicted octanol–water partition coefficient (Wildman–Crippen LogP) is 4.22. The van der Waals surface area contributed by atoms with Crippen LogP contribution in [0.4, 0.5) is 10.8 Å². The van der Waals surface area contributed by atoms with Gasteiger partial charge in [0.15, 0.2) is 0 Å². The lowest BCUT2D eigenvalue weighted by Crippen LogP contribution is -2.16. The highest BCUT2D eigenvalue weighted by Crippen LogP contribution is 2.26. The summed E-state index contributed by atoms with van der Waals surface area (Å²) in [7, 11) is -3.87. The number of nitrogens with one attached hydrogen (secondary N) is 2. The molecule has 0 radical (unpaired) electrons. The number of halogens is 1. The van der Waals surface area contributed by atoms with Crippen LogP contribution >= 0.6 is 27.3 Å². The lowest BCUT2D eigenvalue weighted by atomic mass is 10.2. The highest BCUT2D eigenvalue weighted by molar-refractivity contribution is 9.10. The summed E-state index contributed by atoms with van der Waals surface area (Å²) in [6.07, 6.45) is 0.724. The highest BCUT2D eigenvalue weighted by atomic mass is 79.9. The van der Waals surface area contributed by atoms with Crippen LogP contribution < -0.4 is 10.0 Å². The Morgan fingerprint density at radius 3 is 2.68 bits per heavy atom. The Balaban J connectivity index is 1.83. The summed E-state index contributed by atoms with van der Waals surface area (Å²) in [4.78, 5) is 12.4. The first kappa shape index (κ1) is 20.4. The van der Waals surface area contributed by atoms with Crippen LogP contribution in [0.15, 0.2) is 51.8 Å². The number of rotatable bonds is 6. The molecule has 28 heavy (non-hydrogen) atoms. The molecule has 3 aromatic rings. The molecule has 0 saturated heterocycles. The van der Waals surface area contributed by atoms with E-state index in [1.807, 2.05) is 19.9 Å². The van der Waals surface area contributed by atoms with Crippen molar-refractivity contribution in [2.24, 2.45) is 0 Å². The molecule has 0 atom stereocenters. The molecule has 2 N–H and O–H groups in total. The van der Waals surface area contributed by atoms with Crippen molar-refractivity contribution in [3.8, 4) is 0 Å². The van der Waals surface area contributed by atoms with Gasteiger partial charge in [0.2, 0.25) is 5.13 Å². The van der Waals surface area contributed by atoms with Gasteiger partial charge in [-0.2, -0.15) is 0 Å². The molecule has 0 unspecified atom stereocenters. The molecule has 0 saturated carbocycles. The minimum absolute atomic E-state index is 0.0138. The number of benzene rings is 2. The first-order valence-electron chi connectivity index (χ1n) is 8.31. The molecule has 0 fully saturated rings. The molecule has 0 aliphatic rings. The molecule has 3 rings (SSSR count). The van der Waals surface area contributed by atoms with E-state index in [-0.39, 0.29) is 10.5 Å². The van der Waals surface area contributed by atoms with E-state index < -0.39 is 15.9 Å². The number of aryl methyl sites for hydroxylation is 2. The zero-order valence-electron chi connectivity index (χ0n) is 15.1. The molecule has 10 heteroatoms. The minimum Gasteiger partial charge on any atom is -0.296 e. The second kappa shape index (κ2) is 8.38. The van der Waals surface area contributed by atoms with Crippen molar-refractivity contribution in [1.82, 2.24) is 10.2 Å². The van der Waals surface area contributed by atoms with Crippen LogP contribution in [-0.4, -0.2) is 24.5 Å². The number of anilines is 2. The van der Waals surface area contributed by atoms with Crippen molar-refractivity contribution in [1.29, 1.82) is 0 Å². The molecule has 1 aromatic heterocycles. The van der Waals surface area contributed by atoms with Gasteiger partial charge in [-0.1, -0.05) is 30.4 Å². The van der Waals surface area contributed by atoms with Crippen LogP contribution in [0.25, 0.3) is 0 Å². The van der Waals surface area contributed by atoms with Gasteiger partial charge in [0.05, 0.1) is 10.6 Å². The van der Waals surface area contributed by atoms with Crippen molar-refractivity contribution < 1.29 is 13.2 Å². The molecule has 1 heterocycles. The average molecular weight is 481 g/mol. The van der Waals surface area contributed by atoms with Crippen LogP contribution in [0.5, 0.6) is 0 Å². The second-order valence-electron chi connectivity index (χ2n) is 5.93. The van der Waals surface area contributed by atoms with E-state index in [2.05, 4.69) is 36.2 Å². The van der Waals surface area contributed by atoms with Gasteiger partial charge >= 0.3 is 0 Å². The fourth-order valence-corrected chi connectivity index (χ4v) is 4.61. The number of carbonyl (C=O) groups is 1. The van der Waals surface area contributed by atoms with Crippen molar-refractivity contribution in [2.75, 3.05) is 10.0 Å². The summed E-state index contributed by atoms with van der Waals surface area (Å²) >= 11 is 4.62. The Morgan fingerprint density at radius 1 is 1.18 bits per heavy atom. The first-order valence-corrected chi connectivity index (χ1v) is 11.4. The van der Waals surface area contributed by atoms with Crippen molar-refractivity contribution in [2.45, 2.75) is 25.2 Å². The quantitative estimate of drug-likeness (QED) is 0.549. The van der Waals surface area contributed by atoms with Crippen LogP contribution in [-0.2, 0) is 16.4 Å². The zero-order chi connectivity index (χ0) is 20.3. The van der Waals surface area contributed by atoms with Crippen LogP contribution in [0.1, 0.15) is 27.9 Å². The third-order valence-corrected chi connectivity index (χ3v) is 6.80. The van der Waals surface area contributed by atoms with E-state index in [1.54, 1.807) is 18.2 Å². The smallest absolute Gasteiger partial charge is 0.261 e. The van der Waals surface area contributed by atoms with Crippen molar-refractivity contribution in [3.63, 3.8) is 0 Å². The third-order valence-electron chi connectivity index (χ3n) is 3.76. The fraction of sp³-hybridized carbons (Fsp3) is 0.167. The largest absolute Gasteiger partial charge is 0.296 e. The number of hydrogen-bond donors (Lipinski definition) is 2. The summed E-state index contributed by atoms with van der Waals surface area (Å²) in [5.41, 5.74) is 1.55. The molecule has 0 aliphatic carbocycles. The van der Waals surface area contributed by atoms with Gasteiger partial charge in [0, 0.05) is 10.0 Å². The number of sulfonamides is 1. The Kier molecular flexibility index (Phi) is 6.11. The SMILES string of the molecule is CCc1nnc(NC(=O)c2cccc(S(=O)(=O)Nc3cc(C)ccc3Br)c2)s1. The molecule has 146 valence electrons. The van der Waals surface area contributed by atoms with Gasteiger partial charge in [-0.05, 0) is 65.2 Å². The summed E-state index contributed by atoms with van der Waals surface area (Å²) < 4.78 is 28.7. The number of nitrogens with zero attached hydrogens (tertiary/aromatic N) is 2. The summed E-state index contributed by atoms with van der Waals surface area (Å²) in [5, 5.41) is 11.7. The summed E-state index contributed by atoms with van der Waals surface area (Å²) in [6.45, 7) is 3.81. The van der Waals surface area contributed by atoms with Crippen LogP contribution in [0, 0.1) is 6.92 Å². The van der Waals surface area contributed by atoms with Gasteiger partial charge < -0.3 is 0 Å². The monoisotopic (exact) mass is 480 g/mol. The topological polar surface area (TPSA) is 101 Å². The molecule has 0 bridgehead atoms. The van der Waals surface area contributed by atoms with Gasteiger partial charge in [0.1, 0.15) is 5.01 Å². The molecular weight excluding hydrogens is 464 g/mol. The highest BCUT2D eigenvalue weighted by Gasteiger charge is 2.18. The number of aromatic nitrogens is 2. The first-order chi connectivity index (χ1) is 13.3. The Hall–Kier alpha value is -2.30. The lowest BCUT2D eigenvalue weighted by Gasteiger charge is -2.11. The average Bonchev–Trinajstić information content (AvgIpc) is 3.12. The molecule has 0 aliphatic heterocycles. The fourth-order valence-electron chi connectivity index (χ4n) is 2.34. The van der Waals surface area contributed by atoms with E-state index in [1.165, 1.54) is 29.5 Å². The van der Waals surface area contributed by atoms with Gasteiger partial charge in [-0.25, -0.2) is 8.42 Å². The maximum Gasteiger partial charge on any atom is 0.261 e. The van der Waals surface area contributed by atoms with Gasteiger partial charge in [-0.15, -0.1) is 10.2 Å². The minimum atomic E-state index is -3.87. The number of amides is 1. The maximum absolute atomic E-state index is 12.8. The molecule has 1 amide bonds. The van der Waals surface area contributed by atoms with Crippen molar-refractivity contribution >= 4 is 54.0 Å². The molecule has 7 nitrogen and oxygen atoms in total. The predicted molar refractivity (Wildman–Crippen MR) is 113 cm³/mol. The zero-order valence-corrected chi connectivity index (χ0v) is 18.3. The van der Waals surface area contributed by atoms with E-state index in [0.717, 1.165) is 17.0 Å². The number of carbonyl (C=O) groups excluding carboxylic acids is 1. The lowest BCUT2D eigenvalue weighted by molar-refractivity contribution is 0.102. The maximum atomic E-state index is 12.8. The normalized spacial score (nSPS) is 11.2. The molecule has 2 aromatic carbocycles. The molecular formula is C18H17BrN4O3S2. The van der Waals surface area contributed by atoms with Crippen LogP contribution in [0.2, 0.25) is 0 Å². The van der Waals surface area contributed by atoms with Crippen LogP contribution in [0.3, 0.4) is 0 Å². The second-order valence-corrected chi connectivity index (χ2v) is 9.52. The van der Waals surface area contributed by atoms with E-state index in [0.29, 0.717) is 15.3 Å². The van der Waals surface area contributed by atoms with Crippen molar-refractivity contribution in [3.05, 3.63) is 63.1 Å². The van der Waals surface area contributed by atoms with E-state index >= 15 is 0 Å². The molecule has 0 spiro atoms. The Bertz CT molecular complexity index is 1130. The van der Waals surface area contributed by atoms with Gasteiger partial charge in [-0.3, -0.25) is 14.8 Å². The van der Waals surface area contributed by atoms with E-state index in [9.17, 15) is 13.2 Å². The summed E-state index contributed by atoms with van der Waals surface area (Å²) in [6, 6.07) is 11.2.